The lowest BCUT2D eigenvalue weighted by molar-refractivity contribution is -0.0553. The lowest BCUT2D eigenvalue weighted by Crippen LogP contribution is -2.49. The number of hydrogen-bond acceptors (Lipinski definition) is 4. The van der Waals surface area contributed by atoms with Crippen LogP contribution in [0.3, 0.4) is 0 Å². The molecule has 2 unspecified atom stereocenters. The molecule has 1 fully saturated rings. The molecule has 0 saturated carbocycles. The van der Waals surface area contributed by atoms with Gasteiger partial charge in [-0.05, 0) is 26.5 Å². The topological polar surface area (TPSA) is 33.7 Å². The van der Waals surface area contributed by atoms with Crippen LogP contribution in [0.25, 0.3) is 0 Å². The monoisotopic (exact) mass is 290 g/mol. The molecule has 4 heteroatoms. The Morgan fingerprint density at radius 2 is 2.14 bits per heavy atom. The van der Waals surface area contributed by atoms with E-state index in [2.05, 4.69) is 42.3 Å². The summed E-state index contributed by atoms with van der Waals surface area (Å²) >= 11 is 0. The van der Waals surface area contributed by atoms with Gasteiger partial charge in [0.2, 0.25) is 0 Å². The molecular formula is C17H26N2O2. The molecule has 2 aliphatic rings. The van der Waals surface area contributed by atoms with E-state index in [4.69, 9.17) is 9.47 Å². The second kappa shape index (κ2) is 6.34. The summed E-state index contributed by atoms with van der Waals surface area (Å²) in [4.78, 5) is 2.49. The molecule has 21 heavy (non-hydrogen) atoms. The molecule has 1 saturated heterocycles. The molecule has 3 rings (SSSR count). The maximum absolute atomic E-state index is 6.07. The highest BCUT2D eigenvalue weighted by Gasteiger charge is 2.32. The van der Waals surface area contributed by atoms with E-state index in [1.54, 1.807) is 0 Å². The highest BCUT2D eigenvalue weighted by atomic mass is 16.5. The number of para-hydroxylation sites is 1. The lowest BCUT2D eigenvalue weighted by atomic mass is 9.96. The van der Waals surface area contributed by atoms with Crippen molar-refractivity contribution in [3.05, 3.63) is 29.3 Å². The van der Waals surface area contributed by atoms with Gasteiger partial charge in [0, 0.05) is 31.1 Å². The standard InChI is InChI=1S/C17H26N2O2/c1-12(2)19-8-10-20-15(11-19)16(18-3)14-6-4-5-13-7-9-21-17(13)14/h4-6,12,15-16,18H,7-11H2,1-3H3. The normalized spacial score (nSPS) is 23.9. The van der Waals surface area contributed by atoms with Crippen LogP contribution in [-0.2, 0) is 11.2 Å². The van der Waals surface area contributed by atoms with Crippen LogP contribution in [0, 0.1) is 0 Å². The Morgan fingerprint density at radius 3 is 2.90 bits per heavy atom. The summed E-state index contributed by atoms with van der Waals surface area (Å²) < 4.78 is 11.9. The number of morpholine rings is 1. The van der Waals surface area contributed by atoms with Gasteiger partial charge >= 0.3 is 0 Å². The molecule has 0 aromatic heterocycles. The van der Waals surface area contributed by atoms with E-state index in [-0.39, 0.29) is 12.1 Å². The van der Waals surface area contributed by atoms with Crippen molar-refractivity contribution >= 4 is 0 Å². The van der Waals surface area contributed by atoms with Gasteiger partial charge in [-0.15, -0.1) is 0 Å². The average molecular weight is 290 g/mol. The molecule has 0 bridgehead atoms. The second-order valence-electron chi connectivity index (χ2n) is 6.20. The van der Waals surface area contributed by atoms with Gasteiger partial charge < -0.3 is 14.8 Å². The first-order valence-corrected chi connectivity index (χ1v) is 7.98. The first kappa shape index (κ1) is 14.8. The number of nitrogens with one attached hydrogen (secondary N) is 1. The van der Waals surface area contributed by atoms with Crippen molar-refractivity contribution in [3.63, 3.8) is 0 Å². The van der Waals surface area contributed by atoms with Crippen LogP contribution in [0.1, 0.15) is 31.0 Å². The van der Waals surface area contributed by atoms with Crippen LogP contribution < -0.4 is 10.1 Å². The van der Waals surface area contributed by atoms with Crippen LogP contribution in [0.15, 0.2) is 18.2 Å². The Hall–Kier alpha value is -1.10. The molecule has 1 aromatic rings. The third-order valence-electron chi connectivity index (χ3n) is 4.62. The molecule has 0 spiro atoms. The quantitative estimate of drug-likeness (QED) is 0.919. The number of ether oxygens (including phenoxy) is 2. The van der Waals surface area contributed by atoms with Crippen molar-refractivity contribution in [2.75, 3.05) is 33.4 Å². The van der Waals surface area contributed by atoms with Crippen molar-refractivity contribution < 1.29 is 9.47 Å². The molecule has 2 aliphatic heterocycles. The molecule has 4 nitrogen and oxygen atoms in total. The number of rotatable bonds is 4. The Bertz CT molecular complexity index is 490. The predicted molar refractivity (Wildman–Crippen MR) is 83.9 cm³/mol. The van der Waals surface area contributed by atoms with E-state index in [0.29, 0.717) is 6.04 Å². The van der Waals surface area contributed by atoms with E-state index in [1.807, 2.05) is 7.05 Å². The first-order chi connectivity index (χ1) is 10.2. The maximum Gasteiger partial charge on any atom is 0.127 e. The van der Waals surface area contributed by atoms with Crippen LogP contribution in [-0.4, -0.2) is 50.4 Å². The molecule has 2 heterocycles. The van der Waals surface area contributed by atoms with Gasteiger partial charge in [-0.2, -0.15) is 0 Å². The fourth-order valence-electron chi connectivity index (χ4n) is 3.39. The molecule has 0 amide bonds. The Balaban J connectivity index is 1.83. The Morgan fingerprint density at radius 1 is 1.29 bits per heavy atom. The van der Waals surface area contributed by atoms with Gasteiger partial charge in [-0.25, -0.2) is 0 Å². The van der Waals surface area contributed by atoms with E-state index in [9.17, 15) is 0 Å². The minimum absolute atomic E-state index is 0.168. The van der Waals surface area contributed by atoms with Crippen LogP contribution >= 0.6 is 0 Å². The van der Waals surface area contributed by atoms with Gasteiger partial charge in [0.15, 0.2) is 0 Å². The van der Waals surface area contributed by atoms with Crippen LogP contribution in [0.5, 0.6) is 5.75 Å². The van der Waals surface area contributed by atoms with E-state index < -0.39 is 0 Å². The Kier molecular flexibility index (Phi) is 4.48. The molecular weight excluding hydrogens is 264 g/mol. The summed E-state index contributed by atoms with van der Waals surface area (Å²) in [6.45, 7) is 8.09. The van der Waals surface area contributed by atoms with Gasteiger partial charge in [0.1, 0.15) is 5.75 Å². The average Bonchev–Trinajstić information content (AvgIpc) is 2.97. The van der Waals surface area contributed by atoms with E-state index >= 15 is 0 Å². The summed E-state index contributed by atoms with van der Waals surface area (Å²) in [5, 5.41) is 3.45. The minimum Gasteiger partial charge on any atom is -0.493 e. The van der Waals surface area contributed by atoms with Crippen molar-refractivity contribution in [1.29, 1.82) is 0 Å². The van der Waals surface area contributed by atoms with Gasteiger partial charge in [-0.1, -0.05) is 18.2 Å². The smallest absolute Gasteiger partial charge is 0.127 e. The molecule has 0 aliphatic carbocycles. The lowest BCUT2D eigenvalue weighted by Gasteiger charge is -2.39. The van der Waals surface area contributed by atoms with Gasteiger partial charge in [0.05, 0.1) is 25.4 Å². The molecule has 0 radical (unpaired) electrons. The minimum atomic E-state index is 0.168. The van der Waals surface area contributed by atoms with E-state index in [0.717, 1.165) is 38.5 Å². The summed E-state index contributed by atoms with van der Waals surface area (Å²) in [6, 6.07) is 7.21. The molecule has 1 N–H and O–H groups in total. The predicted octanol–water partition coefficient (Wildman–Crippen LogP) is 1.99. The van der Waals surface area contributed by atoms with E-state index in [1.165, 1.54) is 11.1 Å². The summed E-state index contributed by atoms with van der Waals surface area (Å²) in [6.07, 6.45) is 1.19. The SMILES string of the molecule is CNC(c1cccc2c1OCC2)C1CN(C(C)C)CCO1. The van der Waals surface area contributed by atoms with Crippen molar-refractivity contribution in [2.24, 2.45) is 0 Å². The van der Waals surface area contributed by atoms with Crippen LogP contribution in [0.4, 0.5) is 0 Å². The second-order valence-corrected chi connectivity index (χ2v) is 6.20. The number of benzene rings is 1. The van der Waals surface area contributed by atoms with Crippen molar-refractivity contribution in [1.82, 2.24) is 10.2 Å². The summed E-state index contributed by atoms with van der Waals surface area (Å²) in [7, 11) is 2.01. The zero-order valence-electron chi connectivity index (χ0n) is 13.3. The first-order valence-electron chi connectivity index (χ1n) is 7.98. The van der Waals surface area contributed by atoms with Crippen molar-refractivity contribution in [3.8, 4) is 5.75 Å². The van der Waals surface area contributed by atoms with Crippen molar-refractivity contribution in [2.45, 2.75) is 38.5 Å². The number of fused-ring (bicyclic) bond motifs is 1. The summed E-state index contributed by atoms with van der Waals surface area (Å²) in [5.74, 6) is 1.07. The maximum atomic E-state index is 6.07. The molecule has 2 atom stereocenters. The van der Waals surface area contributed by atoms with Crippen LogP contribution in [0.2, 0.25) is 0 Å². The zero-order valence-corrected chi connectivity index (χ0v) is 13.3. The Labute approximate surface area is 127 Å². The third-order valence-corrected chi connectivity index (χ3v) is 4.62. The summed E-state index contributed by atoms with van der Waals surface area (Å²) in [5.41, 5.74) is 2.56. The fraction of sp³-hybridized carbons (Fsp3) is 0.647. The third kappa shape index (κ3) is 2.93. The number of hydrogen-bond donors (Lipinski definition) is 1. The largest absolute Gasteiger partial charge is 0.493 e. The number of nitrogens with zero attached hydrogens (tertiary/aromatic N) is 1. The van der Waals surface area contributed by atoms with Gasteiger partial charge in [0.25, 0.3) is 0 Å². The fourth-order valence-corrected chi connectivity index (χ4v) is 3.39. The molecule has 1 aromatic carbocycles. The highest BCUT2D eigenvalue weighted by Crippen LogP contribution is 2.36. The molecule has 116 valence electrons. The highest BCUT2D eigenvalue weighted by molar-refractivity contribution is 5.46. The van der Waals surface area contributed by atoms with Gasteiger partial charge in [-0.3, -0.25) is 4.90 Å². The zero-order chi connectivity index (χ0) is 14.8. The number of likely N-dealkylation sites (N-methyl/N-ethyl adjacent to an activating group) is 1.